The van der Waals surface area contributed by atoms with Crippen molar-refractivity contribution in [1.29, 1.82) is 0 Å². The maximum atomic E-state index is 14.5. The van der Waals surface area contributed by atoms with Crippen molar-refractivity contribution < 1.29 is 4.79 Å². The molecular weight excluding hydrogens is 971 g/mol. The first-order chi connectivity index (χ1) is 39.8. The third-order valence-corrected chi connectivity index (χ3v) is 28.0. The van der Waals surface area contributed by atoms with Gasteiger partial charge in [0.15, 0.2) is 0 Å². The van der Waals surface area contributed by atoms with Crippen molar-refractivity contribution in [3.05, 3.63) is 76.4 Å². The van der Waals surface area contributed by atoms with Gasteiger partial charge in [-0.25, -0.2) is 4.98 Å². The van der Waals surface area contributed by atoms with Gasteiger partial charge in [-0.3, -0.25) is 4.79 Å². The molecule has 4 heteroatoms. The summed E-state index contributed by atoms with van der Waals surface area (Å²) in [6, 6.07) is 12.2. The SMILES string of the molecule is O=C(CCCC1(c2ccccc2)C23c4c5c6c7c8c9c(c%10c%11c2c2c4c4c%12c5c5c6c6c8c8c%13c9c9c%10c%10c%11c%11c2c2c4c4c%12c%12c5c5c6c8c6c8c%13c9c9c%10c%10c%11c2c2c4c4c%12c5c6c5c8c9c%10c2c45)C713)NCCc1c[nH]cn1. The molecule has 29 aromatic carbocycles. The van der Waals surface area contributed by atoms with Crippen LogP contribution < -0.4 is 5.32 Å². The van der Waals surface area contributed by atoms with E-state index in [1.807, 2.05) is 6.20 Å². The second kappa shape index (κ2) is 7.61. The lowest BCUT2D eigenvalue weighted by Crippen LogP contribution is -2.27. The lowest BCUT2D eigenvalue weighted by Gasteiger charge is -2.32. The van der Waals surface area contributed by atoms with Crippen LogP contribution in [-0.2, 0) is 27.5 Å². The summed E-state index contributed by atoms with van der Waals surface area (Å²) in [6.45, 7) is 0.600. The van der Waals surface area contributed by atoms with Crippen molar-refractivity contribution in [3.8, 4) is 0 Å². The van der Waals surface area contributed by atoms with Gasteiger partial charge in [0.05, 0.1) is 12.0 Å². The minimum absolute atomic E-state index is 0.166. The van der Waals surface area contributed by atoms with E-state index in [-0.39, 0.29) is 22.2 Å². The van der Waals surface area contributed by atoms with Crippen LogP contribution in [0.3, 0.4) is 0 Å². The Morgan fingerprint density at radius 3 is 0.875 bits per heavy atom. The minimum atomic E-state index is -0.358. The molecule has 344 valence electrons. The molecule has 0 bridgehead atoms. The molecule has 4 nitrogen and oxygen atoms in total. The van der Waals surface area contributed by atoms with Gasteiger partial charge in [0.25, 0.3) is 0 Å². The molecule has 30 aromatic rings. The third kappa shape index (κ3) is 1.82. The Kier molecular flexibility index (Phi) is 3.01. The molecule has 0 atom stereocenters. The van der Waals surface area contributed by atoms with Crippen LogP contribution in [0.25, 0.3) is 291 Å². The lowest BCUT2D eigenvalue weighted by atomic mass is 9.68. The first-order valence-electron chi connectivity index (χ1n) is 29.9. The largest absolute Gasteiger partial charge is 0.356 e. The zero-order valence-corrected chi connectivity index (χ0v) is 41.4. The molecule has 35 rings (SSSR count). The molecule has 0 aliphatic heterocycles. The summed E-state index contributed by atoms with van der Waals surface area (Å²) in [5, 5.41) is 91.8. The molecule has 0 saturated heterocycles. The molecule has 2 N–H and O–H groups in total. The van der Waals surface area contributed by atoms with E-state index >= 15 is 0 Å². The fraction of sp³-hybridized carbons (Fsp3) is 0.105. The number of carbonyl (C=O) groups excluding carboxylic acids is 1. The summed E-state index contributed by atoms with van der Waals surface area (Å²) < 4.78 is 0. The molecule has 80 heavy (non-hydrogen) atoms. The smallest absolute Gasteiger partial charge is 0.220 e. The Labute approximate surface area is 439 Å². The second-order valence-electron chi connectivity index (χ2n) is 28.5. The van der Waals surface area contributed by atoms with Gasteiger partial charge in [-0.1, -0.05) is 30.3 Å². The first kappa shape index (κ1) is 31.7. The van der Waals surface area contributed by atoms with Crippen molar-refractivity contribution in [3.63, 3.8) is 0 Å². The highest BCUT2D eigenvalue weighted by Crippen LogP contribution is 2.97. The van der Waals surface area contributed by atoms with Gasteiger partial charge in [-0.2, -0.15) is 0 Å². The number of benzene rings is 19. The van der Waals surface area contributed by atoms with Gasteiger partial charge in [0.2, 0.25) is 5.91 Å². The average Bonchev–Trinajstić information content (AvgIpc) is 1.37. The highest BCUT2D eigenvalue weighted by molar-refractivity contribution is 6.82. The average molecular weight is 990 g/mol. The molecule has 1 fully saturated rings. The lowest BCUT2D eigenvalue weighted by molar-refractivity contribution is -0.121. The summed E-state index contributed by atoms with van der Waals surface area (Å²) in [5.74, 6) is 0.166. The van der Waals surface area contributed by atoms with Crippen LogP contribution in [0.5, 0.6) is 0 Å². The monoisotopic (exact) mass is 989 g/mol. The van der Waals surface area contributed by atoms with Gasteiger partial charge in [-0.15, -0.1) is 0 Å². The standard InChI is InChI=1S/C76H19N3O/c80-15(78-10-8-14-11-77-12-79-14)7-4-9-74(13-5-2-1-3-6-13)75-70-62-54-44-34-26-18-16-17-20-24-22(18)30-38-32(24)42-36-28(20)29-21(17)25-23-19(16)27(26)35-41-31(23)39-33(25)43-37(29)47-46(36)56-50(42)60-52(38)58(48(54)40(30)34)66(70)68(60)72-64(56)65-57(47)51(43)61-53(39)59-49(41)55(45(35)44)63(62)71(75)67(59)69(61)73(65)76(72,74)75/h1-3,5-6,11-12H,4,7-10H2,(H,77,79)(H,78,80). The van der Waals surface area contributed by atoms with Crippen molar-refractivity contribution >= 4 is 297 Å². The number of hydrogen-bond donors (Lipinski definition) is 2. The van der Waals surface area contributed by atoms with E-state index in [0.717, 1.165) is 25.0 Å². The molecule has 1 amide bonds. The number of carbonyl (C=O) groups is 1. The first-order valence-corrected chi connectivity index (χ1v) is 29.9. The number of nitrogens with one attached hydrogen (secondary N) is 2. The van der Waals surface area contributed by atoms with E-state index in [2.05, 4.69) is 45.6 Å². The zero-order valence-electron chi connectivity index (χ0n) is 41.4. The zero-order chi connectivity index (χ0) is 48.3. The van der Waals surface area contributed by atoms with Crippen molar-refractivity contribution in [2.75, 3.05) is 6.54 Å². The fourth-order valence-electron chi connectivity index (χ4n) is 27.8. The predicted octanol–water partition coefficient (Wildman–Crippen LogP) is 18.5. The maximum Gasteiger partial charge on any atom is 0.220 e. The van der Waals surface area contributed by atoms with Crippen LogP contribution in [0.2, 0.25) is 0 Å². The fourth-order valence-corrected chi connectivity index (χ4v) is 27.8. The van der Waals surface area contributed by atoms with Crippen molar-refractivity contribution in [2.24, 2.45) is 0 Å². The van der Waals surface area contributed by atoms with Crippen molar-refractivity contribution in [1.82, 2.24) is 15.3 Å². The molecular formula is C76H19N3O. The number of imidazole rings is 1. The van der Waals surface area contributed by atoms with Gasteiger partial charge in [0, 0.05) is 41.8 Å². The van der Waals surface area contributed by atoms with E-state index in [1.165, 1.54) is 5.56 Å². The highest BCUT2D eigenvalue weighted by atomic mass is 16.1. The van der Waals surface area contributed by atoms with Gasteiger partial charge in [-0.05, 0) is 332 Å². The van der Waals surface area contributed by atoms with Crippen LogP contribution in [-0.4, -0.2) is 22.4 Å². The van der Waals surface area contributed by atoms with Crippen LogP contribution in [0.15, 0.2) is 42.9 Å². The molecule has 0 unspecified atom stereocenters. The number of rotatable bonds is 8. The third-order valence-electron chi connectivity index (χ3n) is 28.0. The Balaban J connectivity index is 0.951. The van der Waals surface area contributed by atoms with E-state index in [1.54, 1.807) is 319 Å². The Morgan fingerprint density at radius 1 is 0.362 bits per heavy atom. The van der Waals surface area contributed by atoms with Gasteiger partial charge in [0.1, 0.15) is 0 Å². The summed E-state index contributed by atoms with van der Waals surface area (Å²) >= 11 is 0. The molecule has 5 aliphatic rings. The topological polar surface area (TPSA) is 57.8 Å². The Morgan fingerprint density at radius 2 is 0.625 bits per heavy atom. The van der Waals surface area contributed by atoms with Gasteiger partial charge < -0.3 is 10.3 Å². The quantitative estimate of drug-likeness (QED) is 0.149. The molecule has 1 aromatic heterocycles. The minimum Gasteiger partial charge on any atom is -0.356 e. The number of hydrogen-bond acceptors (Lipinski definition) is 2. The number of amides is 1. The molecule has 2 spiro atoms. The van der Waals surface area contributed by atoms with E-state index in [4.69, 9.17) is 0 Å². The van der Waals surface area contributed by atoms with Gasteiger partial charge >= 0.3 is 0 Å². The number of H-pyrrole nitrogens is 1. The van der Waals surface area contributed by atoms with E-state index in [9.17, 15) is 4.79 Å². The summed E-state index contributed by atoms with van der Waals surface area (Å²) in [7, 11) is 0. The number of aromatic nitrogens is 2. The summed E-state index contributed by atoms with van der Waals surface area (Å²) in [5.41, 5.74) is 8.31. The molecule has 5 aliphatic carbocycles. The van der Waals surface area contributed by atoms with Crippen LogP contribution in [0.1, 0.15) is 52.8 Å². The number of nitrogens with zero attached hydrogens (tertiary/aromatic N) is 1. The van der Waals surface area contributed by atoms with E-state index < -0.39 is 0 Å². The van der Waals surface area contributed by atoms with Crippen LogP contribution in [0.4, 0.5) is 0 Å². The predicted molar refractivity (Wildman–Crippen MR) is 331 cm³/mol. The highest BCUT2D eigenvalue weighted by Gasteiger charge is 2.94. The van der Waals surface area contributed by atoms with Crippen LogP contribution in [0, 0.1) is 0 Å². The summed E-state index contributed by atoms with van der Waals surface area (Å²) in [6.07, 6.45) is 6.71. The molecule has 0 radical (unpaired) electrons. The molecule has 1 heterocycles. The normalized spacial score (nSPS) is 22.7. The van der Waals surface area contributed by atoms with E-state index in [0.29, 0.717) is 13.0 Å². The Bertz CT molecular complexity index is 7330. The maximum absolute atomic E-state index is 14.5. The molecule has 1 saturated carbocycles. The summed E-state index contributed by atoms with van der Waals surface area (Å²) in [4.78, 5) is 22.1. The Hall–Kier alpha value is -9.64. The van der Waals surface area contributed by atoms with Crippen molar-refractivity contribution in [2.45, 2.75) is 41.9 Å². The number of aromatic amines is 1. The van der Waals surface area contributed by atoms with Crippen LogP contribution >= 0.6 is 0 Å². The second-order valence-corrected chi connectivity index (χ2v) is 28.5.